The number of carboxylic acid groups (broad SMARTS) is 1. The van der Waals surface area contributed by atoms with E-state index in [2.05, 4.69) is 15.2 Å². The minimum Gasteiger partial charge on any atom is -0.476 e. The molecule has 2 aromatic rings. The summed E-state index contributed by atoms with van der Waals surface area (Å²) < 4.78 is 0. The van der Waals surface area contributed by atoms with Gasteiger partial charge in [0.25, 0.3) is 0 Å². The van der Waals surface area contributed by atoms with Crippen molar-refractivity contribution in [1.29, 1.82) is 0 Å². The molecule has 0 spiro atoms. The zero-order valence-corrected chi connectivity index (χ0v) is 8.46. The Hall–Kier alpha value is -2.04. The van der Waals surface area contributed by atoms with Gasteiger partial charge in [-0.2, -0.15) is 5.10 Å². The molecule has 0 atom stereocenters. The van der Waals surface area contributed by atoms with E-state index >= 15 is 0 Å². The summed E-state index contributed by atoms with van der Waals surface area (Å²) in [5.74, 6) is -1.01. The van der Waals surface area contributed by atoms with Crippen LogP contribution in [0.3, 0.4) is 0 Å². The van der Waals surface area contributed by atoms with Crippen LogP contribution in [-0.2, 0) is 0 Å². The van der Waals surface area contributed by atoms with Gasteiger partial charge in [-0.25, -0.2) is 4.79 Å². The van der Waals surface area contributed by atoms with Crippen molar-refractivity contribution < 1.29 is 9.90 Å². The van der Waals surface area contributed by atoms with E-state index in [4.69, 9.17) is 5.11 Å². The smallest absolute Gasteiger partial charge is 0.356 e. The van der Waals surface area contributed by atoms with Crippen LogP contribution in [0.5, 0.6) is 0 Å². The van der Waals surface area contributed by atoms with Gasteiger partial charge < -0.3 is 10.1 Å². The Labute approximate surface area is 86.1 Å². The van der Waals surface area contributed by atoms with Gasteiger partial charge in [-0.1, -0.05) is 0 Å². The molecule has 0 bridgehead atoms. The quantitative estimate of drug-likeness (QED) is 0.698. The van der Waals surface area contributed by atoms with Crippen LogP contribution in [0.25, 0.3) is 11.4 Å². The summed E-state index contributed by atoms with van der Waals surface area (Å²) in [6.45, 7) is 3.69. The highest BCUT2D eigenvalue weighted by molar-refractivity contribution is 5.89. The van der Waals surface area contributed by atoms with Crippen LogP contribution in [0.1, 0.15) is 21.6 Å². The first kappa shape index (κ1) is 9.51. The average Bonchev–Trinajstić information content (AvgIpc) is 2.71. The number of nitrogens with zero attached hydrogens (tertiary/aromatic N) is 1. The molecule has 0 amide bonds. The summed E-state index contributed by atoms with van der Waals surface area (Å²) >= 11 is 0. The van der Waals surface area contributed by atoms with Crippen LogP contribution >= 0.6 is 0 Å². The van der Waals surface area contributed by atoms with Crippen LogP contribution in [0.15, 0.2) is 12.3 Å². The average molecular weight is 205 g/mol. The van der Waals surface area contributed by atoms with Crippen molar-refractivity contribution >= 4 is 5.97 Å². The zero-order valence-electron chi connectivity index (χ0n) is 8.46. The van der Waals surface area contributed by atoms with Crippen molar-refractivity contribution in [2.24, 2.45) is 0 Å². The van der Waals surface area contributed by atoms with Crippen LogP contribution in [0, 0.1) is 13.8 Å². The fourth-order valence-electron chi connectivity index (χ4n) is 1.57. The summed E-state index contributed by atoms with van der Waals surface area (Å²) in [6.07, 6.45) is 1.81. The summed E-state index contributed by atoms with van der Waals surface area (Å²) in [6, 6.07) is 1.93. The van der Waals surface area contributed by atoms with Gasteiger partial charge in [0.15, 0.2) is 5.69 Å². The number of hydrogen-bond donors (Lipinski definition) is 3. The van der Waals surface area contributed by atoms with E-state index in [0.29, 0.717) is 5.56 Å². The second kappa shape index (κ2) is 3.27. The number of aromatic nitrogens is 3. The number of rotatable bonds is 2. The first-order valence-corrected chi connectivity index (χ1v) is 4.54. The summed E-state index contributed by atoms with van der Waals surface area (Å²) in [5, 5.41) is 15.4. The first-order chi connectivity index (χ1) is 7.11. The molecule has 0 saturated heterocycles. The van der Waals surface area contributed by atoms with Crippen molar-refractivity contribution in [3.8, 4) is 11.4 Å². The lowest BCUT2D eigenvalue weighted by atomic mass is 10.1. The first-order valence-electron chi connectivity index (χ1n) is 4.54. The minimum atomic E-state index is -1.01. The highest BCUT2D eigenvalue weighted by atomic mass is 16.4. The third-order valence-corrected chi connectivity index (χ3v) is 2.42. The molecular formula is C10H11N3O2. The molecule has 5 nitrogen and oxygen atoms in total. The standard InChI is InChI=1S/C10H11N3O2/c1-5-3-4-11-7(5)8-6(2)9(10(14)15)13-12-8/h3-4,11H,1-2H3,(H,12,13)(H,14,15). The number of H-pyrrole nitrogens is 2. The zero-order chi connectivity index (χ0) is 11.0. The van der Waals surface area contributed by atoms with Crippen molar-refractivity contribution in [1.82, 2.24) is 15.2 Å². The normalized spacial score (nSPS) is 10.5. The predicted octanol–water partition coefficient (Wildman–Crippen LogP) is 1.72. The Morgan fingerprint density at radius 1 is 1.40 bits per heavy atom. The molecule has 0 aromatic carbocycles. The number of aromatic carboxylic acids is 1. The SMILES string of the molecule is Cc1cc[nH]c1-c1[nH]nc(C(=O)O)c1C. The molecule has 0 aliphatic carbocycles. The number of aryl methyl sites for hydroxylation is 1. The van der Waals surface area contributed by atoms with Gasteiger partial charge in [0, 0.05) is 11.8 Å². The summed E-state index contributed by atoms with van der Waals surface area (Å²) in [5.41, 5.74) is 3.38. The van der Waals surface area contributed by atoms with Crippen LogP contribution in [0.2, 0.25) is 0 Å². The van der Waals surface area contributed by atoms with Gasteiger partial charge in [-0.05, 0) is 25.5 Å². The van der Waals surface area contributed by atoms with Crippen LogP contribution in [0.4, 0.5) is 0 Å². The lowest BCUT2D eigenvalue weighted by molar-refractivity contribution is 0.0689. The Morgan fingerprint density at radius 2 is 2.13 bits per heavy atom. The molecule has 15 heavy (non-hydrogen) atoms. The van der Waals surface area contributed by atoms with Crippen molar-refractivity contribution in [3.63, 3.8) is 0 Å². The van der Waals surface area contributed by atoms with Gasteiger partial charge >= 0.3 is 5.97 Å². The minimum absolute atomic E-state index is 0.0685. The van der Waals surface area contributed by atoms with Crippen LogP contribution < -0.4 is 0 Å². The Balaban J connectivity index is 2.56. The Kier molecular flexibility index (Phi) is 2.07. The van der Waals surface area contributed by atoms with E-state index in [-0.39, 0.29) is 5.69 Å². The van der Waals surface area contributed by atoms with Gasteiger partial charge in [0.1, 0.15) is 0 Å². The molecule has 0 aliphatic heterocycles. The van der Waals surface area contributed by atoms with Gasteiger partial charge in [-0.3, -0.25) is 5.10 Å². The van der Waals surface area contributed by atoms with E-state index in [1.807, 2.05) is 19.2 Å². The third kappa shape index (κ3) is 1.41. The molecule has 0 radical (unpaired) electrons. The van der Waals surface area contributed by atoms with Crippen LogP contribution in [-0.4, -0.2) is 26.3 Å². The largest absolute Gasteiger partial charge is 0.476 e. The van der Waals surface area contributed by atoms with Crippen molar-refractivity contribution in [2.45, 2.75) is 13.8 Å². The second-order valence-electron chi connectivity index (χ2n) is 3.41. The highest BCUT2D eigenvalue weighted by Crippen LogP contribution is 2.24. The van der Waals surface area contributed by atoms with E-state index in [0.717, 1.165) is 17.0 Å². The number of carboxylic acids is 1. The maximum Gasteiger partial charge on any atom is 0.356 e. The van der Waals surface area contributed by atoms with Gasteiger partial charge in [0.05, 0.1) is 11.4 Å². The summed E-state index contributed by atoms with van der Waals surface area (Å²) in [4.78, 5) is 13.8. The fraction of sp³-hybridized carbons (Fsp3) is 0.200. The maximum absolute atomic E-state index is 10.8. The van der Waals surface area contributed by atoms with E-state index < -0.39 is 5.97 Å². The molecule has 0 saturated carbocycles. The summed E-state index contributed by atoms with van der Waals surface area (Å²) in [7, 11) is 0. The third-order valence-electron chi connectivity index (χ3n) is 2.42. The molecule has 5 heteroatoms. The monoisotopic (exact) mass is 205 g/mol. The predicted molar refractivity (Wildman–Crippen MR) is 54.8 cm³/mol. The highest BCUT2D eigenvalue weighted by Gasteiger charge is 2.17. The van der Waals surface area contributed by atoms with Gasteiger partial charge in [-0.15, -0.1) is 0 Å². The van der Waals surface area contributed by atoms with Crippen molar-refractivity contribution in [2.75, 3.05) is 0 Å². The number of nitrogens with one attached hydrogen (secondary N) is 2. The lowest BCUT2D eigenvalue weighted by Gasteiger charge is -1.97. The van der Waals surface area contributed by atoms with E-state index in [9.17, 15) is 4.79 Å². The molecule has 2 heterocycles. The molecule has 0 aliphatic rings. The number of carbonyl (C=O) groups is 1. The number of hydrogen-bond acceptors (Lipinski definition) is 2. The van der Waals surface area contributed by atoms with E-state index in [1.54, 1.807) is 6.92 Å². The fourth-order valence-corrected chi connectivity index (χ4v) is 1.57. The molecule has 2 rings (SSSR count). The lowest BCUT2D eigenvalue weighted by Crippen LogP contribution is -1.98. The topological polar surface area (TPSA) is 81.8 Å². The molecule has 0 unspecified atom stereocenters. The second-order valence-corrected chi connectivity index (χ2v) is 3.41. The van der Waals surface area contributed by atoms with E-state index in [1.165, 1.54) is 0 Å². The molecule has 0 fully saturated rings. The van der Waals surface area contributed by atoms with Crippen molar-refractivity contribution in [3.05, 3.63) is 29.1 Å². The molecule has 3 N–H and O–H groups in total. The molecule has 78 valence electrons. The Morgan fingerprint density at radius 3 is 2.60 bits per heavy atom. The maximum atomic E-state index is 10.8. The number of aromatic amines is 2. The molecule has 2 aromatic heterocycles. The Bertz CT molecular complexity index is 510. The molecular weight excluding hydrogens is 194 g/mol. The van der Waals surface area contributed by atoms with Gasteiger partial charge in [0.2, 0.25) is 0 Å².